The molecule has 8 heteroatoms. The van der Waals surface area contributed by atoms with Gasteiger partial charge in [0.2, 0.25) is 0 Å². The van der Waals surface area contributed by atoms with Crippen LogP contribution < -0.4 is 10.7 Å². The molecular formula is C11H15CdN6S-. The Balaban J connectivity index is 0.00000324. The summed E-state index contributed by atoms with van der Waals surface area (Å²) in [5, 5.41) is 14.9. The van der Waals surface area contributed by atoms with Gasteiger partial charge in [0.25, 0.3) is 0 Å². The minimum atomic E-state index is 0. The van der Waals surface area contributed by atoms with Gasteiger partial charge in [-0.15, -0.1) is 0 Å². The van der Waals surface area contributed by atoms with E-state index in [2.05, 4.69) is 31.0 Å². The first-order valence-corrected chi connectivity index (χ1v) is 5.73. The fourth-order valence-corrected chi connectivity index (χ4v) is 0.935. The minimum absolute atomic E-state index is 0. The third-order valence-corrected chi connectivity index (χ3v) is 2.32. The Morgan fingerprint density at radius 2 is 1.95 bits per heavy atom. The van der Waals surface area contributed by atoms with Crippen LogP contribution >= 0.6 is 0 Å². The number of hydrogen-bond acceptors (Lipinski definition) is 6. The largest absolute Gasteiger partial charge is 0.741 e. The number of amidine groups is 1. The Hall–Kier alpha value is -1.10. The number of hydrazone groups is 1. The molecule has 1 aromatic rings. The van der Waals surface area contributed by atoms with Crippen LogP contribution in [0.5, 0.6) is 0 Å². The summed E-state index contributed by atoms with van der Waals surface area (Å²) in [6.45, 7) is 3.63. The quantitative estimate of drug-likeness (QED) is 0.274. The number of hydrogen-bond donors (Lipinski definition) is 2. The van der Waals surface area contributed by atoms with E-state index in [1.54, 1.807) is 20.2 Å². The van der Waals surface area contributed by atoms with E-state index in [0.29, 0.717) is 22.4 Å². The van der Waals surface area contributed by atoms with Crippen molar-refractivity contribution in [1.29, 1.82) is 0 Å². The molecule has 2 N–H and O–H groups in total. The molecule has 1 rings (SSSR count). The molecule has 0 radical (unpaired) electrons. The van der Waals surface area contributed by atoms with Gasteiger partial charge in [0.05, 0.1) is 11.4 Å². The third-order valence-electron chi connectivity index (χ3n) is 2.03. The fraction of sp³-hybridized carbons (Fsp3) is 0.273. The van der Waals surface area contributed by atoms with E-state index < -0.39 is 0 Å². The van der Waals surface area contributed by atoms with Crippen LogP contribution in [0.25, 0.3) is 0 Å². The minimum Gasteiger partial charge on any atom is -0.741 e. The van der Waals surface area contributed by atoms with Crippen LogP contribution in [0.4, 0.5) is 5.82 Å². The van der Waals surface area contributed by atoms with Crippen LogP contribution in [0.2, 0.25) is 0 Å². The van der Waals surface area contributed by atoms with Gasteiger partial charge in [0.1, 0.15) is 5.82 Å². The molecular weight excluding hydrogens is 361 g/mol. The molecule has 0 aliphatic heterocycles. The number of rotatable bonds is 4. The number of aromatic nitrogens is 1. The number of nitrogens with one attached hydrogen (secondary N) is 2. The molecule has 0 aliphatic rings. The van der Waals surface area contributed by atoms with E-state index in [1.807, 2.05) is 25.1 Å². The van der Waals surface area contributed by atoms with Crippen molar-refractivity contribution in [3.63, 3.8) is 0 Å². The van der Waals surface area contributed by atoms with Crippen molar-refractivity contribution in [3.8, 4) is 0 Å². The molecule has 19 heavy (non-hydrogen) atoms. The molecule has 0 saturated carbocycles. The van der Waals surface area contributed by atoms with E-state index in [4.69, 9.17) is 12.6 Å². The first kappa shape index (κ1) is 17.9. The molecule has 0 aromatic carbocycles. The maximum absolute atomic E-state index is 4.85. The first-order chi connectivity index (χ1) is 8.63. The second-order valence-corrected chi connectivity index (χ2v) is 3.75. The molecule has 1 aromatic heterocycles. The van der Waals surface area contributed by atoms with Gasteiger partial charge in [-0.05, 0) is 31.1 Å². The molecule has 1 heterocycles. The summed E-state index contributed by atoms with van der Waals surface area (Å²) in [5.74, 6) is 0.673. The van der Waals surface area contributed by atoms with Crippen LogP contribution in [0.3, 0.4) is 0 Å². The Morgan fingerprint density at radius 1 is 1.21 bits per heavy atom. The van der Waals surface area contributed by atoms with E-state index in [-0.39, 0.29) is 27.3 Å². The molecule has 0 spiro atoms. The van der Waals surface area contributed by atoms with Crippen molar-refractivity contribution in [2.45, 2.75) is 13.8 Å². The Bertz CT molecular complexity index is 471. The van der Waals surface area contributed by atoms with Crippen molar-refractivity contribution < 1.29 is 27.3 Å². The third kappa shape index (κ3) is 7.16. The Kier molecular flexibility index (Phi) is 9.22. The van der Waals surface area contributed by atoms with Gasteiger partial charge in [-0.25, -0.2) is 4.98 Å². The van der Waals surface area contributed by atoms with Crippen LogP contribution in [0.1, 0.15) is 13.8 Å². The van der Waals surface area contributed by atoms with Gasteiger partial charge in [-0.1, -0.05) is 6.07 Å². The predicted octanol–water partition coefficient (Wildman–Crippen LogP) is 1.37. The molecule has 0 fully saturated rings. The first-order valence-electron chi connectivity index (χ1n) is 5.32. The number of pyridine rings is 1. The normalized spacial score (nSPS) is 12.7. The molecule has 0 saturated heterocycles. The maximum atomic E-state index is 4.85. The van der Waals surface area contributed by atoms with Crippen molar-refractivity contribution in [1.82, 2.24) is 10.3 Å². The number of nitrogens with zero attached hydrogens (tertiary/aromatic N) is 4. The van der Waals surface area contributed by atoms with Crippen LogP contribution in [-0.4, -0.2) is 28.6 Å². The SMILES string of the molecule is CNC([S-])=NN=C(C)C(C)=NNc1ccccn1.[Cd]. The van der Waals surface area contributed by atoms with Crippen LogP contribution in [-0.2, 0) is 39.9 Å². The number of anilines is 1. The van der Waals surface area contributed by atoms with Gasteiger partial charge in [0.15, 0.2) is 0 Å². The molecule has 0 unspecified atom stereocenters. The monoisotopic (exact) mass is 377 g/mol. The average molecular weight is 376 g/mol. The summed E-state index contributed by atoms with van der Waals surface area (Å²) >= 11 is 4.85. The summed E-state index contributed by atoms with van der Waals surface area (Å²) in [6.07, 6.45) is 1.69. The smallest absolute Gasteiger partial charge is 0.146 e. The van der Waals surface area contributed by atoms with E-state index >= 15 is 0 Å². The van der Waals surface area contributed by atoms with E-state index in [9.17, 15) is 0 Å². The topological polar surface area (TPSA) is 74.0 Å². The van der Waals surface area contributed by atoms with Gasteiger partial charge >= 0.3 is 0 Å². The second kappa shape index (κ2) is 9.78. The molecule has 98 valence electrons. The molecule has 0 atom stereocenters. The van der Waals surface area contributed by atoms with Crippen molar-refractivity contribution in [2.75, 3.05) is 12.5 Å². The predicted molar refractivity (Wildman–Crippen MR) is 77.9 cm³/mol. The van der Waals surface area contributed by atoms with Gasteiger partial charge in [-0.2, -0.15) is 15.3 Å². The zero-order valence-electron chi connectivity index (χ0n) is 11.2. The van der Waals surface area contributed by atoms with Gasteiger partial charge < -0.3 is 17.9 Å². The maximum Gasteiger partial charge on any atom is 0.146 e. The second-order valence-electron chi connectivity index (χ2n) is 3.36. The van der Waals surface area contributed by atoms with Crippen molar-refractivity contribution in [2.24, 2.45) is 15.3 Å². The standard InChI is InChI=1S/C11H16N6S.Cd/c1-8(9(2)15-17-11(18)12-3)14-16-10-6-4-5-7-13-10;/h4-7H,1-3H3,(H,13,16)(H2,12,17,18);/p-1. The summed E-state index contributed by atoms with van der Waals surface area (Å²) < 4.78 is 0. The zero-order valence-corrected chi connectivity index (χ0v) is 16.1. The molecule has 0 aliphatic carbocycles. The Labute approximate surface area is 138 Å². The summed E-state index contributed by atoms with van der Waals surface area (Å²) in [7, 11) is 1.69. The summed E-state index contributed by atoms with van der Waals surface area (Å²) in [5.41, 5.74) is 4.22. The molecule has 0 bridgehead atoms. The fourth-order valence-electron chi connectivity index (χ4n) is 0.894. The van der Waals surface area contributed by atoms with Gasteiger partial charge in [0, 0.05) is 40.5 Å². The van der Waals surface area contributed by atoms with Crippen molar-refractivity contribution in [3.05, 3.63) is 24.4 Å². The van der Waals surface area contributed by atoms with Crippen LogP contribution in [0, 0.1) is 0 Å². The molecule has 6 nitrogen and oxygen atoms in total. The summed E-state index contributed by atoms with van der Waals surface area (Å²) in [4.78, 5) is 4.09. The van der Waals surface area contributed by atoms with E-state index in [1.165, 1.54) is 0 Å². The van der Waals surface area contributed by atoms with Gasteiger partial charge in [-0.3, -0.25) is 5.43 Å². The van der Waals surface area contributed by atoms with E-state index in [0.717, 1.165) is 0 Å². The average Bonchev–Trinajstić information content (AvgIpc) is 2.42. The zero-order chi connectivity index (χ0) is 13.4. The summed E-state index contributed by atoms with van der Waals surface area (Å²) in [6, 6.07) is 5.54. The van der Waals surface area contributed by atoms with Crippen molar-refractivity contribution >= 4 is 35.0 Å². The Morgan fingerprint density at radius 3 is 2.53 bits per heavy atom. The molecule has 0 amide bonds. The van der Waals surface area contributed by atoms with Crippen LogP contribution in [0.15, 0.2) is 39.7 Å².